The second-order valence-corrected chi connectivity index (χ2v) is 3.03. The zero-order chi connectivity index (χ0) is 8.97. The van der Waals surface area contributed by atoms with Crippen molar-refractivity contribution >= 4 is 0 Å². The zero-order valence-corrected chi connectivity index (χ0v) is 7.70. The average molecular weight is 166 g/mol. The Kier molecular flexibility index (Phi) is 3.10. The molecule has 0 radical (unpaired) electrons. The first-order chi connectivity index (χ1) is 5.68. The molecule has 1 N–H and O–H groups in total. The molecule has 1 aromatic heterocycles. The molecule has 0 unspecified atom stereocenters. The molecule has 66 valence electrons. The highest BCUT2D eigenvalue weighted by atomic mass is 15.2. The van der Waals surface area contributed by atoms with E-state index in [1.807, 2.05) is 6.92 Å². The van der Waals surface area contributed by atoms with Crippen molar-refractivity contribution in [2.75, 3.05) is 0 Å². The van der Waals surface area contributed by atoms with Crippen molar-refractivity contribution in [1.29, 1.82) is 0 Å². The summed E-state index contributed by atoms with van der Waals surface area (Å²) in [5.41, 5.74) is 0.884. The van der Waals surface area contributed by atoms with Crippen molar-refractivity contribution in [2.45, 2.75) is 33.4 Å². The van der Waals surface area contributed by atoms with Crippen LogP contribution in [0.2, 0.25) is 0 Å². The number of aromatic nitrogens is 3. The number of hydrogen-bond acceptors (Lipinski definition) is 4. The summed E-state index contributed by atoms with van der Waals surface area (Å²) < 4.78 is 0. The molecule has 0 atom stereocenters. The van der Waals surface area contributed by atoms with E-state index in [0.29, 0.717) is 11.9 Å². The highest BCUT2D eigenvalue weighted by Crippen LogP contribution is 1.90. The predicted molar refractivity (Wildman–Crippen MR) is 46.5 cm³/mol. The predicted octanol–water partition coefficient (Wildman–Crippen LogP) is 0.678. The molecule has 0 bridgehead atoms. The summed E-state index contributed by atoms with van der Waals surface area (Å²) in [6, 6.07) is 0.466. The molecule has 0 fully saturated rings. The van der Waals surface area contributed by atoms with E-state index in [2.05, 4.69) is 34.3 Å². The molecule has 4 nitrogen and oxygen atoms in total. The summed E-state index contributed by atoms with van der Waals surface area (Å²) >= 11 is 0. The fourth-order valence-corrected chi connectivity index (χ4v) is 0.746. The lowest BCUT2D eigenvalue weighted by Gasteiger charge is -2.05. The summed E-state index contributed by atoms with van der Waals surface area (Å²) in [5, 5.41) is 11.1. The van der Waals surface area contributed by atoms with E-state index in [4.69, 9.17) is 0 Å². The van der Waals surface area contributed by atoms with Gasteiger partial charge in [0.1, 0.15) is 5.82 Å². The van der Waals surface area contributed by atoms with Gasteiger partial charge < -0.3 is 5.32 Å². The minimum atomic E-state index is 0.466. The Bertz CT molecular complexity index is 229. The van der Waals surface area contributed by atoms with Gasteiger partial charge in [-0.1, -0.05) is 13.8 Å². The van der Waals surface area contributed by atoms with Crippen LogP contribution in [0.15, 0.2) is 6.20 Å². The Morgan fingerprint density at radius 3 is 2.67 bits per heavy atom. The number of hydrogen-bond donors (Lipinski definition) is 1. The van der Waals surface area contributed by atoms with E-state index in [0.717, 1.165) is 12.2 Å². The standard InChI is InChI=1S/C8H14N4/c1-6(2)9-4-8-5-10-7(3)11-12-8/h5-6,9H,4H2,1-3H3. The molecule has 1 rings (SSSR count). The van der Waals surface area contributed by atoms with Crippen LogP contribution in [0.25, 0.3) is 0 Å². The minimum Gasteiger partial charge on any atom is -0.309 e. The average Bonchev–Trinajstić information content (AvgIpc) is 2.03. The topological polar surface area (TPSA) is 50.7 Å². The van der Waals surface area contributed by atoms with Crippen LogP contribution in [-0.4, -0.2) is 21.2 Å². The van der Waals surface area contributed by atoms with Crippen molar-refractivity contribution in [3.8, 4) is 0 Å². The van der Waals surface area contributed by atoms with Gasteiger partial charge in [-0.3, -0.25) is 0 Å². The van der Waals surface area contributed by atoms with E-state index >= 15 is 0 Å². The first-order valence-corrected chi connectivity index (χ1v) is 4.07. The molecule has 1 aromatic rings. The fraction of sp³-hybridized carbons (Fsp3) is 0.625. The minimum absolute atomic E-state index is 0.466. The molecule has 0 spiro atoms. The maximum absolute atomic E-state index is 4.04. The molecule has 0 aliphatic carbocycles. The summed E-state index contributed by atoms with van der Waals surface area (Å²) in [7, 11) is 0. The summed E-state index contributed by atoms with van der Waals surface area (Å²) in [6.07, 6.45) is 1.75. The number of aryl methyl sites for hydroxylation is 1. The maximum atomic E-state index is 4.04. The van der Waals surface area contributed by atoms with Gasteiger partial charge in [-0.05, 0) is 6.92 Å². The third-order valence-electron chi connectivity index (χ3n) is 1.42. The second kappa shape index (κ2) is 4.11. The van der Waals surface area contributed by atoms with E-state index in [1.54, 1.807) is 6.20 Å². The molecule has 0 saturated carbocycles. The Morgan fingerprint density at radius 1 is 1.42 bits per heavy atom. The van der Waals surface area contributed by atoms with Gasteiger partial charge >= 0.3 is 0 Å². The van der Waals surface area contributed by atoms with Gasteiger partial charge in [-0.25, -0.2) is 4.98 Å². The SMILES string of the molecule is Cc1ncc(CNC(C)C)nn1. The lowest BCUT2D eigenvalue weighted by atomic mass is 10.3. The van der Waals surface area contributed by atoms with Gasteiger partial charge in [0.05, 0.1) is 11.9 Å². The summed E-state index contributed by atoms with van der Waals surface area (Å²) in [5.74, 6) is 0.711. The van der Waals surface area contributed by atoms with Gasteiger partial charge in [-0.2, -0.15) is 5.10 Å². The normalized spacial score (nSPS) is 10.7. The van der Waals surface area contributed by atoms with E-state index in [1.165, 1.54) is 0 Å². The number of rotatable bonds is 3. The molecule has 1 heterocycles. The monoisotopic (exact) mass is 166 g/mol. The van der Waals surface area contributed by atoms with Crippen molar-refractivity contribution in [1.82, 2.24) is 20.5 Å². The number of nitrogens with zero attached hydrogens (tertiary/aromatic N) is 3. The fourth-order valence-electron chi connectivity index (χ4n) is 0.746. The van der Waals surface area contributed by atoms with Gasteiger partial charge in [0, 0.05) is 12.6 Å². The smallest absolute Gasteiger partial charge is 0.147 e. The van der Waals surface area contributed by atoms with Gasteiger partial charge in [0.2, 0.25) is 0 Å². The van der Waals surface area contributed by atoms with Crippen LogP contribution in [0.4, 0.5) is 0 Å². The molecule has 0 aliphatic heterocycles. The third-order valence-corrected chi connectivity index (χ3v) is 1.42. The van der Waals surface area contributed by atoms with Crippen LogP contribution in [0.3, 0.4) is 0 Å². The molecular formula is C8H14N4. The first-order valence-electron chi connectivity index (χ1n) is 4.07. The summed E-state index contributed by atoms with van der Waals surface area (Å²) in [4.78, 5) is 4.04. The quantitative estimate of drug-likeness (QED) is 0.717. The third kappa shape index (κ3) is 2.92. The van der Waals surface area contributed by atoms with Crippen LogP contribution < -0.4 is 5.32 Å². The van der Waals surface area contributed by atoms with Crippen molar-refractivity contribution < 1.29 is 0 Å². The highest BCUT2D eigenvalue weighted by molar-refractivity contribution is 4.93. The molecule has 0 amide bonds. The van der Waals surface area contributed by atoms with Crippen LogP contribution in [-0.2, 0) is 6.54 Å². The number of nitrogens with one attached hydrogen (secondary N) is 1. The molecule has 0 aliphatic rings. The highest BCUT2D eigenvalue weighted by Gasteiger charge is 1.96. The Labute approximate surface area is 72.4 Å². The zero-order valence-electron chi connectivity index (χ0n) is 7.70. The van der Waals surface area contributed by atoms with Gasteiger partial charge in [0.15, 0.2) is 0 Å². The molecule has 4 heteroatoms. The molecular weight excluding hydrogens is 152 g/mol. The summed E-state index contributed by atoms with van der Waals surface area (Å²) in [6.45, 7) is 6.74. The molecule has 0 saturated heterocycles. The van der Waals surface area contributed by atoms with E-state index in [9.17, 15) is 0 Å². The van der Waals surface area contributed by atoms with E-state index in [-0.39, 0.29) is 0 Å². The van der Waals surface area contributed by atoms with Gasteiger partial charge in [0.25, 0.3) is 0 Å². The first kappa shape index (κ1) is 9.06. The maximum Gasteiger partial charge on any atom is 0.147 e. The van der Waals surface area contributed by atoms with Crippen molar-refractivity contribution in [3.63, 3.8) is 0 Å². The van der Waals surface area contributed by atoms with Crippen LogP contribution in [0.1, 0.15) is 25.4 Å². The lowest BCUT2D eigenvalue weighted by Crippen LogP contribution is -2.22. The largest absolute Gasteiger partial charge is 0.309 e. The van der Waals surface area contributed by atoms with Crippen LogP contribution >= 0.6 is 0 Å². The Balaban J connectivity index is 2.48. The van der Waals surface area contributed by atoms with Crippen molar-refractivity contribution in [3.05, 3.63) is 17.7 Å². The van der Waals surface area contributed by atoms with E-state index < -0.39 is 0 Å². The molecule has 0 aromatic carbocycles. The lowest BCUT2D eigenvalue weighted by molar-refractivity contribution is 0.574. The second-order valence-electron chi connectivity index (χ2n) is 3.03. The Morgan fingerprint density at radius 2 is 2.17 bits per heavy atom. The molecule has 12 heavy (non-hydrogen) atoms. The van der Waals surface area contributed by atoms with Gasteiger partial charge in [-0.15, -0.1) is 5.10 Å². The van der Waals surface area contributed by atoms with Crippen LogP contribution in [0.5, 0.6) is 0 Å². The Hall–Kier alpha value is -1.03. The van der Waals surface area contributed by atoms with Crippen LogP contribution in [0, 0.1) is 6.92 Å². The van der Waals surface area contributed by atoms with Crippen molar-refractivity contribution in [2.24, 2.45) is 0 Å².